The monoisotopic (exact) mass is 388 g/mol. The SMILES string of the molecule is Cc1cccc2nn(COCC[Si](C)(C)C)c(-c3ccc4ccccc4c3)c12. The van der Waals surface area contributed by atoms with Gasteiger partial charge in [0.25, 0.3) is 0 Å². The van der Waals surface area contributed by atoms with Crippen molar-refractivity contribution in [1.29, 1.82) is 0 Å². The van der Waals surface area contributed by atoms with E-state index in [0.717, 1.165) is 23.9 Å². The van der Waals surface area contributed by atoms with Crippen molar-refractivity contribution in [1.82, 2.24) is 9.78 Å². The third-order valence-corrected chi connectivity index (χ3v) is 6.91. The van der Waals surface area contributed by atoms with Gasteiger partial charge in [-0.15, -0.1) is 0 Å². The molecule has 0 saturated carbocycles. The van der Waals surface area contributed by atoms with Crippen molar-refractivity contribution in [3.63, 3.8) is 0 Å². The lowest BCUT2D eigenvalue weighted by Crippen LogP contribution is -2.22. The fraction of sp³-hybridized carbons (Fsp3) is 0.292. The lowest BCUT2D eigenvalue weighted by molar-refractivity contribution is 0.0803. The number of rotatable bonds is 6. The molecule has 28 heavy (non-hydrogen) atoms. The summed E-state index contributed by atoms with van der Waals surface area (Å²) in [7, 11) is -1.10. The lowest BCUT2D eigenvalue weighted by atomic mass is 10.0. The van der Waals surface area contributed by atoms with Gasteiger partial charge in [0.2, 0.25) is 0 Å². The van der Waals surface area contributed by atoms with Crippen LogP contribution in [-0.2, 0) is 11.5 Å². The number of aromatic nitrogens is 2. The topological polar surface area (TPSA) is 27.1 Å². The molecule has 4 rings (SSSR count). The van der Waals surface area contributed by atoms with Crippen molar-refractivity contribution >= 4 is 29.7 Å². The average Bonchev–Trinajstić information content (AvgIpc) is 3.04. The maximum absolute atomic E-state index is 6.05. The number of aryl methyl sites for hydroxylation is 1. The first kappa shape index (κ1) is 18.9. The highest BCUT2D eigenvalue weighted by atomic mass is 28.3. The first-order valence-electron chi connectivity index (χ1n) is 9.95. The Morgan fingerprint density at radius 2 is 1.71 bits per heavy atom. The molecule has 0 atom stereocenters. The van der Waals surface area contributed by atoms with E-state index in [-0.39, 0.29) is 0 Å². The van der Waals surface area contributed by atoms with E-state index in [1.807, 2.05) is 4.68 Å². The maximum Gasteiger partial charge on any atom is 0.140 e. The molecule has 4 heteroatoms. The predicted octanol–water partition coefficient (Wildman–Crippen LogP) is 6.48. The van der Waals surface area contributed by atoms with Crippen LogP contribution in [0.3, 0.4) is 0 Å². The van der Waals surface area contributed by atoms with Gasteiger partial charge >= 0.3 is 0 Å². The molecule has 0 bridgehead atoms. The van der Waals surface area contributed by atoms with E-state index >= 15 is 0 Å². The number of hydrogen-bond acceptors (Lipinski definition) is 2. The van der Waals surface area contributed by atoms with Crippen LogP contribution in [0.4, 0.5) is 0 Å². The van der Waals surface area contributed by atoms with Crippen LogP contribution >= 0.6 is 0 Å². The zero-order valence-electron chi connectivity index (χ0n) is 17.2. The number of ether oxygens (including phenoxy) is 1. The molecule has 144 valence electrons. The quantitative estimate of drug-likeness (QED) is 0.279. The molecule has 0 amide bonds. The molecule has 0 spiro atoms. The predicted molar refractivity (Wildman–Crippen MR) is 122 cm³/mol. The summed E-state index contributed by atoms with van der Waals surface area (Å²) >= 11 is 0. The Morgan fingerprint density at radius 1 is 0.929 bits per heavy atom. The van der Waals surface area contributed by atoms with E-state index in [1.165, 1.54) is 27.3 Å². The molecule has 0 fully saturated rings. The van der Waals surface area contributed by atoms with E-state index < -0.39 is 8.07 Å². The number of nitrogens with zero attached hydrogens (tertiary/aromatic N) is 2. The Morgan fingerprint density at radius 3 is 2.50 bits per heavy atom. The summed E-state index contributed by atoms with van der Waals surface area (Å²) in [6.45, 7) is 10.6. The number of hydrogen-bond donors (Lipinski definition) is 0. The molecule has 0 aliphatic carbocycles. The highest BCUT2D eigenvalue weighted by molar-refractivity contribution is 6.76. The lowest BCUT2D eigenvalue weighted by Gasteiger charge is -2.16. The third kappa shape index (κ3) is 3.89. The van der Waals surface area contributed by atoms with Gasteiger partial charge in [-0.1, -0.05) is 68.2 Å². The van der Waals surface area contributed by atoms with Crippen molar-refractivity contribution in [2.45, 2.75) is 39.3 Å². The minimum absolute atomic E-state index is 0.487. The normalized spacial score (nSPS) is 12.1. The minimum atomic E-state index is -1.10. The van der Waals surface area contributed by atoms with Crippen LogP contribution in [0.15, 0.2) is 60.7 Å². The smallest absolute Gasteiger partial charge is 0.140 e. The molecule has 1 aromatic heterocycles. The molecule has 3 nitrogen and oxygen atoms in total. The van der Waals surface area contributed by atoms with Gasteiger partial charge in [-0.25, -0.2) is 4.68 Å². The second-order valence-corrected chi connectivity index (χ2v) is 14.3. The molecule has 3 aromatic carbocycles. The third-order valence-electron chi connectivity index (χ3n) is 5.21. The van der Waals surface area contributed by atoms with Gasteiger partial charge < -0.3 is 4.74 Å². The Labute approximate surface area is 168 Å². The Bertz CT molecular complexity index is 1120. The fourth-order valence-electron chi connectivity index (χ4n) is 3.61. The molecule has 1 heterocycles. The van der Waals surface area contributed by atoms with Crippen molar-refractivity contribution in [3.8, 4) is 11.3 Å². The first-order valence-corrected chi connectivity index (χ1v) is 13.7. The molecule has 0 N–H and O–H groups in total. The molecule has 4 aromatic rings. The molecular formula is C24H28N2OSi. The van der Waals surface area contributed by atoms with E-state index in [9.17, 15) is 0 Å². The Hall–Kier alpha value is -2.43. The van der Waals surface area contributed by atoms with Gasteiger partial charge in [0, 0.05) is 25.6 Å². The molecule has 0 aliphatic rings. The Balaban J connectivity index is 1.76. The second kappa shape index (κ2) is 7.53. The molecular weight excluding hydrogens is 360 g/mol. The molecule has 0 unspecified atom stereocenters. The van der Waals surface area contributed by atoms with Crippen LogP contribution in [0.5, 0.6) is 0 Å². The fourth-order valence-corrected chi connectivity index (χ4v) is 4.36. The zero-order valence-corrected chi connectivity index (χ0v) is 18.2. The van der Waals surface area contributed by atoms with Crippen LogP contribution in [0.2, 0.25) is 25.7 Å². The van der Waals surface area contributed by atoms with E-state index in [1.54, 1.807) is 0 Å². The van der Waals surface area contributed by atoms with Crippen molar-refractivity contribution in [3.05, 3.63) is 66.2 Å². The summed E-state index contributed by atoms with van der Waals surface area (Å²) in [5, 5.41) is 8.58. The molecule has 0 aliphatic heterocycles. The molecule has 0 radical (unpaired) electrons. The summed E-state index contributed by atoms with van der Waals surface area (Å²) in [5.41, 5.74) is 4.60. The highest BCUT2D eigenvalue weighted by Crippen LogP contribution is 2.33. The van der Waals surface area contributed by atoms with Gasteiger partial charge in [0.15, 0.2) is 0 Å². The van der Waals surface area contributed by atoms with E-state index in [2.05, 4.69) is 87.2 Å². The maximum atomic E-state index is 6.05. The van der Waals surface area contributed by atoms with Crippen molar-refractivity contribution in [2.75, 3.05) is 6.61 Å². The summed E-state index contributed by atoms with van der Waals surface area (Å²) in [5.74, 6) is 0. The standard InChI is InChI=1S/C24H28N2OSi/c1-18-8-7-11-22-23(18)24(26(25-22)17-27-14-15-28(2,3)4)21-13-12-19-9-5-6-10-20(19)16-21/h5-13,16H,14-15,17H2,1-4H3. The van der Waals surface area contributed by atoms with Crippen molar-refractivity contribution in [2.24, 2.45) is 0 Å². The average molecular weight is 389 g/mol. The van der Waals surface area contributed by atoms with Gasteiger partial charge in [-0.3, -0.25) is 0 Å². The summed E-state index contributed by atoms with van der Waals surface area (Å²) in [6, 6.07) is 22.6. The second-order valence-electron chi connectivity index (χ2n) is 8.73. The van der Waals surface area contributed by atoms with Gasteiger partial charge in [-0.05, 0) is 41.4 Å². The van der Waals surface area contributed by atoms with E-state index in [4.69, 9.17) is 9.84 Å². The van der Waals surface area contributed by atoms with Gasteiger partial charge in [0.1, 0.15) is 6.73 Å². The van der Waals surface area contributed by atoms with Crippen molar-refractivity contribution < 1.29 is 4.74 Å². The minimum Gasteiger partial charge on any atom is -0.360 e. The van der Waals surface area contributed by atoms with E-state index in [0.29, 0.717) is 6.73 Å². The van der Waals surface area contributed by atoms with Crippen LogP contribution in [0.25, 0.3) is 32.9 Å². The largest absolute Gasteiger partial charge is 0.360 e. The van der Waals surface area contributed by atoms with Crippen LogP contribution in [0, 0.1) is 6.92 Å². The van der Waals surface area contributed by atoms with Gasteiger partial charge in [0.05, 0.1) is 11.2 Å². The zero-order chi connectivity index (χ0) is 19.7. The highest BCUT2D eigenvalue weighted by Gasteiger charge is 2.16. The molecule has 0 saturated heterocycles. The summed E-state index contributed by atoms with van der Waals surface area (Å²) in [6.07, 6.45) is 0. The van der Waals surface area contributed by atoms with Crippen LogP contribution in [-0.4, -0.2) is 24.5 Å². The van der Waals surface area contributed by atoms with Crippen LogP contribution < -0.4 is 0 Å². The summed E-state index contributed by atoms with van der Waals surface area (Å²) < 4.78 is 8.08. The Kier molecular flexibility index (Phi) is 5.09. The number of fused-ring (bicyclic) bond motifs is 2. The van der Waals surface area contributed by atoms with Crippen LogP contribution in [0.1, 0.15) is 5.56 Å². The first-order chi connectivity index (χ1) is 13.4. The summed E-state index contributed by atoms with van der Waals surface area (Å²) in [4.78, 5) is 0. The number of benzene rings is 3. The van der Waals surface area contributed by atoms with Gasteiger partial charge in [-0.2, -0.15) is 5.10 Å².